The number of ketones is 2. The number of carbonyl (C=O) groups is 2. The van der Waals surface area contributed by atoms with Crippen LogP contribution in [0, 0.1) is 11.8 Å². The van der Waals surface area contributed by atoms with Gasteiger partial charge in [0.2, 0.25) is 10.0 Å². The first kappa shape index (κ1) is 31.3. The van der Waals surface area contributed by atoms with Crippen LogP contribution in [0.25, 0.3) is 0 Å². The minimum absolute atomic E-state index is 0.0915. The Morgan fingerprint density at radius 1 is 1.24 bits per heavy atom. The number of fused-ring (bicyclic) bond motifs is 2. The fourth-order valence-electron chi connectivity index (χ4n) is 5.50. The highest BCUT2D eigenvalue weighted by atomic mass is 32.2. The van der Waals surface area contributed by atoms with Crippen LogP contribution in [0.5, 0.6) is 0 Å². The highest BCUT2D eigenvalue weighted by Gasteiger charge is 2.51. The molecule has 2 aromatic rings. The summed E-state index contributed by atoms with van der Waals surface area (Å²) in [5.41, 5.74) is 0.259. The molecule has 2 aliphatic heterocycles. The van der Waals surface area contributed by atoms with E-state index in [2.05, 4.69) is 23.6 Å². The molecule has 0 radical (unpaired) electrons. The van der Waals surface area contributed by atoms with Gasteiger partial charge in [-0.3, -0.25) is 14.5 Å². The van der Waals surface area contributed by atoms with E-state index in [-0.39, 0.29) is 35.3 Å². The average Bonchev–Trinajstić information content (AvgIpc) is 3.39. The van der Waals surface area contributed by atoms with Gasteiger partial charge in [-0.1, -0.05) is 38.1 Å². The van der Waals surface area contributed by atoms with Crippen LogP contribution in [0.1, 0.15) is 55.1 Å². The second-order valence-electron chi connectivity index (χ2n) is 11.5. The molecular formula is C28H36N4O7S3. The Morgan fingerprint density at radius 2 is 1.95 bits per heavy atom. The molecule has 0 bridgehead atoms. The molecule has 42 heavy (non-hydrogen) atoms. The van der Waals surface area contributed by atoms with Crippen LogP contribution < -0.4 is 9.44 Å². The van der Waals surface area contributed by atoms with Crippen molar-refractivity contribution in [2.45, 2.75) is 49.8 Å². The van der Waals surface area contributed by atoms with E-state index in [0.717, 1.165) is 35.3 Å². The molecule has 3 heterocycles. The van der Waals surface area contributed by atoms with Gasteiger partial charge in [-0.25, -0.2) is 13.4 Å². The van der Waals surface area contributed by atoms with Crippen molar-refractivity contribution in [3.05, 3.63) is 46.3 Å². The standard InChI is InChI=1S/C28H36N4O7S3/c1-17(2)8-9-27(3)19-7-5-4-6-18(19)22(33)21(24(27)34)25-29-26-23(41-30-25)20(16-40-26)28(35,36)31-42(37,38)15-12-32-10-13-39-14-11-32/h4-7,16-17,21,31,35-36H,8-15H2,1-3H3,(H,29,30)/t21?,27-/m1/s1. The molecule has 2 atom stereocenters. The number of carbonyl (C=O) groups excluding carboxylic acids is 2. The van der Waals surface area contributed by atoms with Crippen LogP contribution in [0.2, 0.25) is 0 Å². The summed E-state index contributed by atoms with van der Waals surface area (Å²) in [7, 11) is -4.07. The molecule has 1 aliphatic carbocycles. The summed E-state index contributed by atoms with van der Waals surface area (Å²) in [6.07, 6.45) is 1.39. The second-order valence-corrected chi connectivity index (χ2v) is 15.0. The van der Waals surface area contributed by atoms with E-state index in [9.17, 15) is 28.2 Å². The molecule has 1 unspecified atom stereocenters. The summed E-state index contributed by atoms with van der Waals surface area (Å²) in [4.78, 5) is 34.5. The third-order valence-corrected chi connectivity index (χ3v) is 11.3. The number of aliphatic hydroxyl groups is 2. The number of nitrogens with one attached hydrogen (secondary N) is 2. The highest BCUT2D eigenvalue weighted by molar-refractivity contribution is 7.98. The zero-order valence-corrected chi connectivity index (χ0v) is 26.2. The van der Waals surface area contributed by atoms with Crippen LogP contribution in [-0.4, -0.2) is 79.5 Å². The third-order valence-electron chi connectivity index (χ3n) is 8.01. The first-order valence-electron chi connectivity index (χ1n) is 13.9. The van der Waals surface area contributed by atoms with Crippen LogP contribution in [0.15, 0.2) is 39.5 Å². The van der Waals surface area contributed by atoms with Gasteiger partial charge in [-0.15, -0.1) is 11.3 Å². The first-order chi connectivity index (χ1) is 19.8. The molecular weight excluding hydrogens is 601 g/mol. The van der Waals surface area contributed by atoms with Crippen molar-refractivity contribution in [2.75, 3.05) is 38.6 Å². The largest absolute Gasteiger partial charge is 0.379 e. The van der Waals surface area contributed by atoms with Gasteiger partial charge < -0.3 is 19.7 Å². The Morgan fingerprint density at radius 3 is 2.67 bits per heavy atom. The molecule has 5 rings (SSSR count). The predicted octanol–water partition coefficient (Wildman–Crippen LogP) is 2.51. The number of hydrogen-bond donors (Lipinski definition) is 4. The molecule has 4 N–H and O–H groups in total. The van der Waals surface area contributed by atoms with Crippen molar-refractivity contribution >= 4 is 55.7 Å². The summed E-state index contributed by atoms with van der Waals surface area (Å²) in [6, 6.07) is 7.21. The molecule has 1 aromatic carbocycles. The maximum absolute atomic E-state index is 14.0. The fraction of sp³-hybridized carbons (Fsp3) is 0.536. The van der Waals surface area contributed by atoms with Crippen molar-refractivity contribution in [2.24, 2.45) is 16.8 Å². The third kappa shape index (κ3) is 6.22. The normalized spacial score (nSPS) is 23.4. The Labute approximate surface area is 253 Å². The van der Waals surface area contributed by atoms with Gasteiger partial charge in [-0.2, -0.15) is 4.72 Å². The number of nitrogens with zero attached hydrogens (tertiary/aromatic N) is 2. The number of hydrogen-bond acceptors (Lipinski definition) is 12. The van der Waals surface area contributed by atoms with Crippen molar-refractivity contribution < 1.29 is 33.0 Å². The van der Waals surface area contributed by atoms with E-state index in [0.29, 0.717) is 54.1 Å². The number of amidine groups is 1. The molecule has 3 aliphatic rings. The monoisotopic (exact) mass is 636 g/mol. The fourth-order valence-corrected chi connectivity index (χ4v) is 8.68. The van der Waals surface area contributed by atoms with E-state index in [1.807, 2.05) is 28.7 Å². The van der Waals surface area contributed by atoms with Crippen LogP contribution in [0.4, 0.5) is 5.00 Å². The minimum Gasteiger partial charge on any atom is -0.379 e. The first-order valence-corrected chi connectivity index (χ1v) is 17.2. The highest BCUT2D eigenvalue weighted by Crippen LogP contribution is 2.46. The van der Waals surface area contributed by atoms with Gasteiger partial charge in [0.05, 0.1) is 34.8 Å². The lowest BCUT2D eigenvalue weighted by Crippen LogP contribution is -2.51. The predicted molar refractivity (Wildman–Crippen MR) is 161 cm³/mol. The summed E-state index contributed by atoms with van der Waals surface area (Å²) in [5, 5.41) is 23.4. The van der Waals surface area contributed by atoms with E-state index in [1.54, 1.807) is 12.1 Å². The Balaban J connectivity index is 1.39. The maximum Gasteiger partial charge on any atom is 0.265 e. The zero-order valence-electron chi connectivity index (χ0n) is 23.8. The number of sulfonamides is 1. The summed E-state index contributed by atoms with van der Waals surface area (Å²) in [6.45, 7) is 8.55. The molecule has 0 spiro atoms. The smallest absolute Gasteiger partial charge is 0.265 e. The molecule has 11 nitrogen and oxygen atoms in total. The number of rotatable bonds is 10. The summed E-state index contributed by atoms with van der Waals surface area (Å²) in [5.74, 6) is -4.37. The zero-order chi connectivity index (χ0) is 30.3. The van der Waals surface area contributed by atoms with Gasteiger partial charge in [0, 0.05) is 30.6 Å². The molecule has 14 heteroatoms. The van der Waals surface area contributed by atoms with Crippen LogP contribution >= 0.6 is 23.3 Å². The van der Waals surface area contributed by atoms with E-state index < -0.39 is 27.3 Å². The van der Waals surface area contributed by atoms with Crippen molar-refractivity contribution in [1.29, 1.82) is 0 Å². The van der Waals surface area contributed by atoms with Gasteiger partial charge in [0.1, 0.15) is 16.8 Å². The van der Waals surface area contributed by atoms with Crippen LogP contribution in [0.3, 0.4) is 0 Å². The number of benzene rings is 1. The Bertz CT molecular complexity index is 1500. The molecule has 0 saturated carbocycles. The number of morpholine rings is 1. The molecule has 0 amide bonds. The van der Waals surface area contributed by atoms with Gasteiger partial charge >= 0.3 is 0 Å². The summed E-state index contributed by atoms with van der Waals surface area (Å²) >= 11 is 2.03. The quantitative estimate of drug-likeness (QED) is 0.174. The number of ether oxygens (including phenoxy) is 1. The molecule has 228 valence electrons. The summed E-state index contributed by atoms with van der Waals surface area (Å²) < 4.78 is 35.7. The number of Topliss-reactive ketones (excluding diaryl/α,β-unsaturated/α-hetero) is 2. The second kappa shape index (κ2) is 12.1. The molecule has 1 fully saturated rings. The lowest BCUT2D eigenvalue weighted by molar-refractivity contribution is -0.179. The number of aliphatic imine (C=N–C) groups is 1. The molecule has 1 saturated heterocycles. The van der Waals surface area contributed by atoms with E-state index in [4.69, 9.17) is 4.74 Å². The van der Waals surface area contributed by atoms with E-state index in [1.165, 1.54) is 5.38 Å². The van der Waals surface area contributed by atoms with Crippen molar-refractivity contribution in [3.8, 4) is 0 Å². The lowest BCUT2D eigenvalue weighted by Gasteiger charge is -2.39. The molecule has 1 aromatic heterocycles. The maximum atomic E-state index is 14.0. The van der Waals surface area contributed by atoms with Crippen molar-refractivity contribution in [3.63, 3.8) is 0 Å². The topological polar surface area (TPSA) is 158 Å². The van der Waals surface area contributed by atoms with Crippen LogP contribution in [-0.2, 0) is 30.9 Å². The minimum atomic E-state index is -4.07. The Hall–Kier alpha value is -2.17. The van der Waals surface area contributed by atoms with Crippen molar-refractivity contribution in [1.82, 2.24) is 14.3 Å². The number of thiophene rings is 1. The van der Waals surface area contributed by atoms with Gasteiger partial charge in [-0.05, 0) is 43.2 Å². The van der Waals surface area contributed by atoms with E-state index >= 15 is 0 Å². The Kier molecular flexibility index (Phi) is 8.99. The van der Waals surface area contributed by atoms with Gasteiger partial charge in [0.15, 0.2) is 11.6 Å². The van der Waals surface area contributed by atoms with Gasteiger partial charge in [0.25, 0.3) is 5.91 Å². The lowest BCUT2D eigenvalue weighted by atomic mass is 9.63. The average molecular weight is 637 g/mol. The SMILES string of the molecule is CC(C)CC[C@@]1(C)C(=O)C(C2=Nc3scc(C(O)(O)NS(=O)(=O)CCN4CCOCC4)c3SN2)C(=O)c2ccccc21.